The third-order valence-corrected chi connectivity index (χ3v) is 7.13. The third-order valence-electron chi connectivity index (χ3n) is 7.13. The average molecular weight is 599 g/mol. The van der Waals surface area contributed by atoms with Crippen LogP contribution in [-0.2, 0) is 24.3 Å². The molecule has 2 aromatic heterocycles. The minimum atomic E-state index is -1.60. The molecule has 0 aliphatic carbocycles. The smallest absolute Gasteiger partial charge is 0.482 e. The number of nitrogens with one attached hydrogen (secondary N) is 3. The lowest BCUT2D eigenvalue weighted by molar-refractivity contribution is 0.154. The number of anilines is 1. The summed E-state index contributed by atoms with van der Waals surface area (Å²) in [6.07, 6.45) is 2.01. The molecule has 2 bridgehead atoms. The minimum Gasteiger partial charge on any atom is -0.482 e. The van der Waals surface area contributed by atoms with E-state index < -0.39 is 25.1 Å². The van der Waals surface area contributed by atoms with Crippen molar-refractivity contribution in [3.63, 3.8) is 0 Å². The van der Waals surface area contributed by atoms with Crippen LogP contribution in [0.15, 0.2) is 66.0 Å². The fourth-order valence-corrected chi connectivity index (χ4v) is 4.96. The molecule has 12 nitrogen and oxygen atoms in total. The largest absolute Gasteiger partial charge is 0.488 e. The number of fused-ring (bicyclic) bond motifs is 5. The Balaban J connectivity index is 1.52. The van der Waals surface area contributed by atoms with Crippen LogP contribution in [0.3, 0.4) is 0 Å². The van der Waals surface area contributed by atoms with Crippen LogP contribution >= 0.6 is 0 Å². The highest BCUT2D eigenvalue weighted by Crippen LogP contribution is 2.35. The van der Waals surface area contributed by atoms with Crippen LogP contribution < -0.4 is 20.9 Å². The van der Waals surface area contributed by atoms with E-state index in [1.165, 1.54) is 30.3 Å². The molecule has 0 saturated carbocycles. The van der Waals surface area contributed by atoms with Gasteiger partial charge >= 0.3 is 13.2 Å². The molecule has 1 aliphatic rings. The molecule has 226 valence electrons. The van der Waals surface area contributed by atoms with E-state index in [4.69, 9.17) is 14.9 Å². The summed E-state index contributed by atoms with van der Waals surface area (Å²) < 4.78 is 28.0. The number of aryl methyl sites for hydroxylation is 1. The van der Waals surface area contributed by atoms with Gasteiger partial charge in [-0.05, 0) is 49.1 Å². The van der Waals surface area contributed by atoms with Crippen molar-refractivity contribution in [1.29, 1.82) is 5.41 Å². The molecule has 0 radical (unpaired) electrons. The summed E-state index contributed by atoms with van der Waals surface area (Å²) in [7, 11) is 0.0524. The molecule has 0 unspecified atom stereocenters. The zero-order chi connectivity index (χ0) is 31.4. The van der Waals surface area contributed by atoms with Gasteiger partial charge in [-0.25, -0.2) is 14.2 Å². The van der Waals surface area contributed by atoms with Gasteiger partial charge in [-0.15, -0.1) is 0 Å². The molecule has 5 rings (SSSR count). The van der Waals surface area contributed by atoms with E-state index in [9.17, 15) is 19.2 Å². The summed E-state index contributed by atoms with van der Waals surface area (Å²) in [5.74, 6) is -0.210. The van der Waals surface area contributed by atoms with Crippen LogP contribution in [0.4, 0.5) is 15.0 Å². The molecule has 44 heavy (non-hydrogen) atoms. The zero-order valence-corrected chi connectivity index (χ0v) is 24.3. The Labute approximate surface area is 253 Å². The van der Waals surface area contributed by atoms with Crippen LogP contribution in [-0.4, -0.2) is 56.5 Å². The van der Waals surface area contributed by atoms with Gasteiger partial charge < -0.3 is 24.9 Å². The number of benzene rings is 2. The number of carbonyl (C=O) groups excluding carboxylic acids is 1. The van der Waals surface area contributed by atoms with E-state index in [2.05, 4.69) is 25.9 Å². The molecular formula is C30H31BFN7O5. The van der Waals surface area contributed by atoms with Gasteiger partial charge in [0.05, 0.1) is 23.3 Å². The standard InChI is InChI=1S/C30H31BFN7O5/c1-4-39-28-19(15-36-39)11-25(38-34-3)27(33)23-10-9-22(32)13-24(23)17(2)44-26-12-20(28)14-35-29(26)37-30(40)43-16-18-5-7-21(8-6-18)31(41)42/h5-10,12-15,17,33-34,41-42H,4,11,16H2,1-3H3,(H,35,37,40)/b33-27?,38-25-/t17-/m1/s1. The third kappa shape index (κ3) is 6.45. The maximum Gasteiger partial charge on any atom is 0.488 e. The zero-order valence-electron chi connectivity index (χ0n) is 24.3. The van der Waals surface area contributed by atoms with E-state index in [0.29, 0.717) is 40.0 Å². The van der Waals surface area contributed by atoms with Crippen LogP contribution in [0.2, 0.25) is 0 Å². The van der Waals surface area contributed by atoms with Crippen molar-refractivity contribution in [1.82, 2.24) is 20.2 Å². The van der Waals surface area contributed by atoms with Crippen molar-refractivity contribution < 1.29 is 28.7 Å². The van der Waals surface area contributed by atoms with Crippen molar-refractivity contribution in [2.45, 2.75) is 39.5 Å². The van der Waals surface area contributed by atoms with Crippen LogP contribution in [0.5, 0.6) is 5.75 Å². The van der Waals surface area contributed by atoms with Crippen molar-refractivity contribution >= 4 is 35.9 Å². The highest BCUT2D eigenvalue weighted by atomic mass is 19.1. The number of halogens is 1. The van der Waals surface area contributed by atoms with Crippen molar-refractivity contribution in [3.8, 4) is 17.0 Å². The molecular weight excluding hydrogens is 568 g/mol. The Kier molecular flexibility index (Phi) is 9.02. The quantitative estimate of drug-likeness (QED) is 0.167. The second-order valence-corrected chi connectivity index (χ2v) is 10.0. The second-order valence-electron chi connectivity index (χ2n) is 10.0. The van der Waals surface area contributed by atoms with E-state index in [-0.39, 0.29) is 30.3 Å². The second kappa shape index (κ2) is 13.1. The lowest BCUT2D eigenvalue weighted by Gasteiger charge is -2.22. The number of hydrogen-bond acceptors (Lipinski definition) is 10. The number of aromatic nitrogens is 3. The molecule has 0 spiro atoms. The number of pyridine rings is 1. The summed E-state index contributed by atoms with van der Waals surface area (Å²) in [6, 6.07) is 12.1. The maximum atomic E-state index is 14.5. The number of amides is 1. The monoisotopic (exact) mass is 599 g/mol. The molecule has 14 heteroatoms. The molecule has 1 aliphatic heterocycles. The summed E-state index contributed by atoms with van der Waals surface area (Å²) in [6.45, 7) is 4.15. The van der Waals surface area contributed by atoms with Gasteiger partial charge in [0.25, 0.3) is 0 Å². The normalized spacial score (nSPS) is 15.3. The van der Waals surface area contributed by atoms with E-state index in [1.54, 1.807) is 49.2 Å². The molecule has 0 fully saturated rings. The van der Waals surface area contributed by atoms with Gasteiger partial charge in [0.15, 0.2) is 11.6 Å². The van der Waals surface area contributed by atoms with Gasteiger partial charge in [0.1, 0.15) is 18.5 Å². The van der Waals surface area contributed by atoms with Gasteiger partial charge in [0.2, 0.25) is 0 Å². The molecule has 1 atom stereocenters. The van der Waals surface area contributed by atoms with Gasteiger partial charge in [-0.1, -0.05) is 24.3 Å². The molecule has 3 heterocycles. The predicted molar refractivity (Wildman–Crippen MR) is 164 cm³/mol. The first-order chi connectivity index (χ1) is 21.2. The fraction of sp³-hybridized carbons (Fsp3) is 0.233. The highest BCUT2D eigenvalue weighted by Gasteiger charge is 2.26. The van der Waals surface area contributed by atoms with Gasteiger partial charge in [-0.3, -0.25) is 15.4 Å². The first-order valence-electron chi connectivity index (χ1n) is 13.9. The van der Waals surface area contributed by atoms with Gasteiger partial charge in [0, 0.05) is 48.5 Å². The van der Waals surface area contributed by atoms with E-state index in [0.717, 1.165) is 11.3 Å². The molecule has 5 N–H and O–H groups in total. The van der Waals surface area contributed by atoms with E-state index >= 15 is 0 Å². The summed E-state index contributed by atoms with van der Waals surface area (Å²) in [5, 5.41) is 39.1. The molecule has 1 amide bonds. The minimum absolute atomic E-state index is 0.0796. The summed E-state index contributed by atoms with van der Waals surface area (Å²) >= 11 is 0. The topological polar surface area (TPSA) is 167 Å². The Bertz CT molecular complexity index is 1730. The Morgan fingerprint density at radius 1 is 1.23 bits per heavy atom. The van der Waals surface area contributed by atoms with Crippen molar-refractivity contribution in [2.75, 3.05) is 12.4 Å². The Hall–Kier alpha value is -5.08. The molecule has 0 saturated heterocycles. The number of hydrazone groups is 1. The molecule has 4 aromatic rings. The van der Waals surface area contributed by atoms with Crippen LogP contribution in [0.1, 0.15) is 42.2 Å². The first-order valence-corrected chi connectivity index (χ1v) is 13.9. The number of rotatable bonds is 6. The number of hydrogen-bond donors (Lipinski definition) is 5. The van der Waals surface area contributed by atoms with Crippen LogP contribution in [0.25, 0.3) is 11.3 Å². The lowest BCUT2D eigenvalue weighted by atomic mass is 9.80. The molecule has 2 aromatic carbocycles. The average Bonchev–Trinajstić information content (AvgIpc) is 3.42. The number of carbonyl (C=O) groups is 1. The number of ether oxygens (including phenoxy) is 2. The highest BCUT2D eigenvalue weighted by molar-refractivity contribution is 6.58. The van der Waals surface area contributed by atoms with Crippen molar-refractivity contribution in [3.05, 3.63) is 89.0 Å². The number of nitrogens with zero attached hydrogens (tertiary/aromatic N) is 4. The maximum absolute atomic E-state index is 14.5. The Morgan fingerprint density at radius 2 is 2.00 bits per heavy atom. The predicted octanol–water partition coefficient (Wildman–Crippen LogP) is 3.17. The van der Waals surface area contributed by atoms with E-state index in [1.807, 2.05) is 6.92 Å². The summed E-state index contributed by atoms with van der Waals surface area (Å²) in [5.41, 5.74) is 7.30. The van der Waals surface area contributed by atoms with Crippen molar-refractivity contribution in [2.24, 2.45) is 5.10 Å². The first kappa shape index (κ1) is 30.4. The fourth-order valence-electron chi connectivity index (χ4n) is 4.96. The lowest BCUT2D eigenvalue weighted by Crippen LogP contribution is -2.29. The SMILES string of the molecule is CCn1ncc2c1-c1cnc(NC(=O)OCc3ccc(B(O)O)cc3)c(c1)O[C@H](C)c1cc(F)ccc1C(=N)/C(=N\NC)C2. The Morgan fingerprint density at radius 3 is 2.70 bits per heavy atom. The summed E-state index contributed by atoms with van der Waals surface area (Å²) in [4.78, 5) is 17.3. The van der Waals surface area contributed by atoms with Gasteiger partial charge in [-0.2, -0.15) is 10.2 Å². The van der Waals surface area contributed by atoms with Crippen LogP contribution in [0, 0.1) is 11.2 Å².